The van der Waals surface area contributed by atoms with Crippen LogP contribution in [-0.2, 0) is 26.4 Å². The molecule has 0 saturated carbocycles. The summed E-state index contributed by atoms with van der Waals surface area (Å²) in [5.74, 6) is -2.64. The Balaban J connectivity index is 1.52. The normalized spacial score (nSPS) is 18.9. The molecule has 0 aliphatic heterocycles. The Labute approximate surface area is 380 Å². The molecule has 3 atom stereocenters. The van der Waals surface area contributed by atoms with Crippen molar-refractivity contribution >= 4 is 35.1 Å². The van der Waals surface area contributed by atoms with Gasteiger partial charge in [0, 0.05) is 0 Å². The molecule has 0 aromatic heterocycles. The van der Waals surface area contributed by atoms with E-state index in [2.05, 4.69) is 0 Å². The van der Waals surface area contributed by atoms with E-state index in [9.17, 15) is 79.0 Å². The van der Waals surface area contributed by atoms with Crippen molar-refractivity contribution in [2.24, 2.45) is 5.92 Å². The zero-order chi connectivity index (χ0) is 50.7. The third-order valence-electron chi connectivity index (χ3n) is 13.6. The van der Waals surface area contributed by atoms with Crippen LogP contribution in [0.2, 0.25) is 13.1 Å². The van der Waals surface area contributed by atoms with Gasteiger partial charge in [0.05, 0.1) is 0 Å². The van der Waals surface area contributed by atoms with Crippen LogP contribution in [0.1, 0.15) is 67.8 Å². The van der Waals surface area contributed by atoms with E-state index in [0.29, 0.717) is 34.2 Å². The van der Waals surface area contributed by atoms with Crippen molar-refractivity contribution in [2.45, 2.75) is 95.4 Å². The van der Waals surface area contributed by atoms with Gasteiger partial charge in [0.1, 0.15) is 0 Å². The Morgan fingerprint density at radius 2 is 0.836 bits per heavy atom. The van der Waals surface area contributed by atoms with Crippen LogP contribution < -0.4 is 0 Å². The fourth-order valence-corrected chi connectivity index (χ4v) is 42.2. The summed E-state index contributed by atoms with van der Waals surface area (Å²) in [7, 11) is 16.6. The van der Waals surface area contributed by atoms with Gasteiger partial charge in [0.15, 0.2) is 0 Å². The molecule has 0 nitrogen and oxygen atoms in total. The van der Waals surface area contributed by atoms with E-state index in [1.807, 2.05) is 26.9 Å². The molecule has 0 spiro atoms. The van der Waals surface area contributed by atoms with Crippen LogP contribution in [0, 0.1) is 5.92 Å². The molecule has 0 bridgehead atoms. The van der Waals surface area contributed by atoms with Crippen LogP contribution in [-0.4, -0.2) is 43.0 Å². The van der Waals surface area contributed by atoms with Crippen LogP contribution in [0.5, 0.6) is 0 Å². The summed E-state index contributed by atoms with van der Waals surface area (Å²) in [6.07, 6.45) is -37.0. The van der Waals surface area contributed by atoms with Gasteiger partial charge in [-0.25, -0.2) is 0 Å². The van der Waals surface area contributed by atoms with Crippen molar-refractivity contribution in [3.8, 4) is 22.3 Å². The number of halogens is 20. The summed E-state index contributed by atoms with van der Waals surface area (Å²) in [5.41, 5.74) is -13.0. The van der Waals surface area contributed by atoms with Gasteiger partial charge >= 0.3 is 383 Å². The predicted molar refractivity (Wildman–Crippen MR) is 221 cm³/mol. The minimum atomic E-state index is -6.83. The van der Waals surface area contributed by atoms with Crippen LogP contribution in [0.4, 0.5) is 79.0 Å². The molecule has 0 N–H and O–H groups in total. The molecule has 3 unspecified atom stereocenters. The van der Waals surface area contributed by atoms with E-state index >= 15 is 0 Å². The molecule has 6 rings (SSSR count). The molecule has 0 radical (unpaired) electrons. The van der Waals surface area contributed by atoms with E-state index in [1.54, 1.807) is 31.2 Å². The Kier molecular flexibility index (Phi) is 13.2. The third kappa shape index (κ3) is 7.77. The second kappa shape index (κ2) is 16.7. The number of benzene rings is 4. The monoisotopic (exact) mass is 1110 g/mol. The molecule has 0 heterocycles. The zero-order valence-corrected chi connectivity index (χ0v) is 40.4. The summed E-state index contributed by atoms with van der Waals surface area (Å²) >= 11 is -5.76. The van der Waals surface area contributed by atoms with Gasteiger partial charge in [0.25, 0.3) is 0 Å². The van der Waals surface area contributed by atoms with Gasteiger partial charge in [-0.15, -0.1) is 0 Å². The number of fused-ring (bicyclic) bond motifs is 2. The molecule has 4 aromatic rings. The van der Waals surface area contributed by atoms with Gasteiger partial charge < -0.3 is 0 Å². The molecule has 0 amide bonds. The van der Waals surface area contributed by atoms with Crippen LogP contribution in [0.3, 0.4) is 0 Å². The van der Waals surface area contributed by atoms with Crippen molar-refractivity contribution in [2.75, 3.05) is 0 Å². The van der Waals surface area contributed by atoms with E-state index in [1.165, 1.54) is 24.3 Å². The average Bonchev–Trinajstić information content (AvgIpc) is 3.74. The molecular formula is C45H37Cl2F18SiZr. The number of alkyl halides is 18. The number of hydrogen-bond acceptors (Lipinski definition) is 0. The first-order valence-electron chi connectivity index (χ1n) is 20.2. The quantitative estimate of drug-likeness (QED) is 0.116. The van der Waals surface area contributed by atoms with E-state index < -0.39 is 87.7 Å². The minimum absolute atomic E-state index is 0.0296. The predicted octanol–water partition coefficient (Wildman–Crippen LogP) is 17.5. The molecule has 2 aliphatic carbocycles. The van der Waals surface area contributed by atoms with Gasteiger partial charge in [-0.1, -0.05) is 0 Å². The van der Waals surface area contributed by atoms with Crippen molar-refractivity contribution < 1.29 is 94.6 Å². The zero-order valence-electron chi connectivity index (χ0n) is 35.3. The maximum atomic E-state index is 14.0. The van der Waals surface area contributed by atoms with Crippen LogP contribution >= 0.6 is 17.0 Å². The SMILES string of the molecule is CCC(C)C1=Cc2c(-c3ccc(C(C(F)(F)F)(C(F)(F)F)C(F)(F)F)cc3)cccc2[CH]1[Zr]([Cl])([Cl])([CH]1C(C)=Cc2c(-c3ccc(C(C(F)(F)F)(C(F)(F)F)C(F)(F)F)cc3)cccc21)[SiH](C)C. The van der Waals surface area contributed by atoms with Crippen LogP contribution in [0.15, 0.2) is 96.1 Å². The molecule has 67 heavy (non-hydrogen) atoms. The number of hydrogen-bond donors (Lipinski definition) is 0. The number of rotatable bonds is 9. The van der Waals surface area contributed by atoms with Crippen molar-refractivity contribution in [1.82, 2.24) is 0 Å². The Morgan fingerprint density at radius 3 is 1.15 bits per heavy atom. The van der Waals surface area contributed by atoms with Crippen molar-refractivity contribution in [1.29, 1.82) is 0 Å². The standard InChI is InChI=1S/C23H18F9.C20H12F9.C2H7Si.2ClH.Zr/c1-3-13(2)16-11-15-5-4-6-18(19(15)12-16)14-7-9-17(10-8-14)20(21(24,25)26,22(27,28)29)23(30,31)32;1-11-9-13-3-2-4-15(16(13)10-11)12-5-7-14(8-6-12)17(18(21,22)23,19(24,25)26)20(27,28)29;1-3-2;;;/h4-13H,3H2,1-2H3;2-10H,1H3;3H,1-2H3;2*1H;/q;;;;;+2/p-2. The van der Waals surface area contributed by atoms with E-state index in [-0.39, 0.29) is 52.4 Å². The Hall–Kier alpha value is -3.22. The van der Waals surface area contributed by atoms with Gasteiger partial charge in [-0.3, -0.25) is 0 Å². The van der Waals surface area contributed by atoms with E-state index in [4.69, 9.17) is 17.0 Å². The second-order valence-electron chi connectivity index (χ2n) is 17.3. The first-order chi connectivity index (χ1) is 30.4. The Morgan fingerprint density at radius 1 is 0.507 bits per heavy atom. The molecule has 4 aromatic carbocycles. The molecule has 0 saturated heterocycles. The first kappa shape index (κ1) is 53.1. The summed E-state index contributed by atoms with van der Waals surface area (Å²) in [4.78, 5) is 0. The first-order valence-corrected chi connectivity index (χ1v) is 36.5. The van der Waals surface area contributed by atoms with Gasteiger partial charge in [-0.05, 0) is 0 Å². The van der Waals surface area contributed by atoms with Gasteiger partial charge in [-0.2, -0.15) is 0 Å². The molecule has 365 valence electrons. The summed E-state index contributed by atoms with van der Waals surface area (Å²) in [5, 5.41) is 0. The molecule has 0 fully saturated rings. The summed E-state index contributed by atoms with van der Waals surface area (Å²) in [6, 6.07) is 12.9. The fourth-order valence-electron chi connectivity index (χ4n) is 10.1. The molecule has 22 heteroatoms. The fraction of sp³-hybridized carbons (Fsp3) is 0.378. The van der Waals surface area contributed by atoms with Gasteiger partial charge in [0.2, 0.25) is 0 Å². The second-order valence-corrected chi connectivity index (χ2v) is 59.9. The Bertz CT molecular complexity index is 2520. The maximum absolute atomic E-state index is 14.0. The van der Waals surface area contributed by atoms with Crippen LogP contribution in [0.25, 0.3) is 34.4 Å². The third-order valence-corrected chi connectivity index (χ3v) is 65.5. The summed E-state index contributed by atoms with van der Waals surface area (Å²) < 4.78 is 250. The summed E-state index contributed by atoms with van der Waals surface area (Å²) in [6.45, 7) is 9.33. The van der Waals surface area contributed by atoms with Crippen molar-refractivity contribution in [3.63, 3.8) is 0 Å². The average molecular weight is 1110 g/mol. The number of allylic oxidation sites excluding steroid dienone is 2. The molecule has 2 aliphatic rings. The molecular weight excluding hydrogens is 1070 g/mol. The van der Waals surface area contributed by atoms with Crippen molar-refractivity contribution in [3.05, 3.63) is 129 Å². The van der Waals surface area contributed by atoms with E-state index in [0.717, 1.165) is 29.8 Å². The topological polar surface area (TPSA) is 0 Å².